The number of benzene rings is 1. The number of hydrogen-bond acceptors (Lipinski definition) is 2. The molecule has 0 fully saturated rings. The molecule has 0 radical (unpaired) electrons. The van der Waals surface area contributed by atoms with E-state index in [0.29, 0.717) is 0 Å². The first kappa shape index (κ1) is 9.00. The standard InChI is InChI=1S/C12H14N2/c1-10-6-3-4-7-12(10)14-9-5-8-13-11(14)2/h3-9,11H,1-2H3. The Kier molecular flexibility index (Phi) is 2.35. The summed E-state index contributed by atoms with van der Waals surface area (Å²) in [4.78, 5) is 6.52. The van der Waals surface area contributed by atoms with Gasteiger partial charge in [-0.15, -0.1) is 0 Å². The highest BCUT2D eigenvalue weighted by molar-refractivity contribution is 5.75. The van der Waals surface area contributed by atoms with Crippen molar-refractivity contribution in [2.45, 2.75) is 20.0 Å². The second kappa shape index (κ2) is 3.66. The van der Waals surface area contributed by atoms with Gasteiger partial charge in [0.25, 0.3) is 0 Å². The predicted octanol–water partition coefficient (Wildman–Crippen LogP) is 2.75. The van der Waals surface area contributed by atoms with Crippen LogP contribution in [0.3, 0.4) is 0 Å². The van der Waals surface area contributed by atoms with Crippen LogP contribution in [0.1, 0.15) is 12.5 Å². The second-order valence-electron chi connectivity index (χ2n) is 3.47. The molecule has 1 atom stereocenters. The Labute approximate surface area is 84.6 Å². The van der Waals surface area contributed by atoms with Crippen molar-refractivity contribution in [3.63, 3.8) is 0 Å². The molecule has 1 aromatic rings. The first-order valence-electron chi connectivity index (χ1n) is 4.83. The smallest absolute Gasteiger partial charge is 0.122 e. The summed E-state index contributed by atoms with van der Waals surface area (Å²) in [5.41, 5.74) is 2.51. The maximum absolute atomic E-state index is 4.34. The molecule has 72 valence electrons. The van der Waals surface area contributed by atoms with Gasteiger partial charge in [0.1, 0.15) is 6.17 Å². The molecule has 0 saturated carbocycles. The summed E-state index contributed by atoms with van der Waals surface area (Å²) in [5.74, 6) is 0. The minimum absolute atomic E-state index is 0.195. The van der Waals surface area contributed by atoms with Crippen molar-refractivity contribution in [1.82, 2.24) is 0 Å². The lowest BCUT2D eigenvalue weighted by atomic mass is 10.1. The zero-order valence-corrected chi connectivity index (χ0v) is 8.51. The average molecular weight is 186 g/mol. The Morgan fingerprint density at radius 3 is 2.79 bits per heavy atom. The maximum Gasteiger partial charge on any atom is 0.122 e. The molecule has 0 amide bonds. The highest BCUT2D eigenvalue weighted by Gasteiger charge is 2.13. The lowest BCUT2D eigenvalue weighted by Gasteiger charge is -2.28. The van der Waals surface area contributed by atoms with Gasteiger partial charge in [-0.1, -0.05) is 18.2 Å². The van der Waals surface area contributed by atoms with Gasteiger partial charge in [-0.05, 0) is 31.6 Å². The molecule has 2 rings (SSSR count). The second-order valence-corrected chi connectivity index (χ2v) is 3.47. The highest BCUT2D eigenvalue weighted by Crippen LogP contribution is 2.23. The van der Waals surface area contributed by atoms with Gasteiger partial charge in [-0.25, -0.2) is 0 Å². The monoisotopic (exact) mass is 186 g/mol. The van der Waals surface area contributed by atoms with Crippen molar-refractivity contribution >= 4 is 11.9 Å². The van der Waals surface area contributed by atoms with E-state index in [0.717, 1.165) is 0 Å². The molecular formula is C12H14N2. The molecule has 2 nitrogen and oxygen atoms in total. The first-order valence-corrected chi connectivity index (χ1v) is 4.83. The number of allylic oxidation sites excluding steroid dienone is 1. The third-order valence-corrected chi connectivity index (χ3v) is 2.43. The van der Waals surface area contributed by atoms with Crippen LogP contribution in [0.25, 0.3) is 0 Å². The van der Waals surface area contributed by atoms with Crippen LogP contribution in [0.4, 0.5) is 5.69 Å². The van der Waals surface area contributed by atoms with E-state index < -0.39 is 0 Å². The Hall–Kier alpha value is -1.57. The summed E-state index contributed by atoms with van der Waals surface area (Å²) in [5, 5.41) is 0. The van der Waals surface area contributed by atoms with Crippen molar-refractivity contribution in [2.75, 3.05) is 4.90 Å². The molecule has 1 aliphatic rings. The molecule has 0 aromatic heterocycles. The van der Waals surface area contributed by atoms with Crippen LogP contribution in [0.15, 0.2) is 41.5 Å². The summed E-state index contributed by atoms with van der Waals surface area (Å²) in [6.45, 7) is 4.21. The van der Waals surface area contributed by atoms with Gasteiger partial charge < -0.3 is 4.90 Å². The van der Waals surface area contributed by atoms with E-state index >= 15 is 0 Å². The predicted molar refractivity (Wildman–Crippen MR) is 60.8 cm³/mol. The van der Waals surface area contributed by atoms with Crippen LogP contribution >= 0.6 is 0 Å². The molecular weight excluding hydrogens is 172 g/mol. The molecule has 0 saturated heterocycles. The van der Waals surface area contributed by atoms with Crippen molar-refractivity contribution in [1.29, 1.82) is 0 Å². The van der Waals surface area contributed by atoms with Gasteiger partial charge in [0.2, 0.25) is 0 Å². The normalized spacial score (nSPS) is 20.1. The minimum Gasteiger partial charge on any atom is -0.325 e. The molecule has 1 unspecified atom stereocenters. The number of hydrogen-bond donors (Lipinski definition) is 0. The first-order chi connectivity index (χ1) is 6.79. The number of anilines is 1. The molecule has 1 heterocycles. The number of nitrogens with zero attached hydrogens (tertiary/aromatic N) is 2. The van der Waals surface area contributed by atoms with Gasteiger partial charge >= 0.3 is 0 Å². The van der Waals surface area contributed by atoms with E-state index in [9.17, 15) is 0 Å². The fourth-order valence-corrected chi connectivity index (χ4v) is 1.64. The Morgan fingerprint density at radius 2 is 2.07 bits per heavy atom. The summed E-state index contributed by atoms with van der Waals surface area (Å²) in [6, 6.07) is 8.35. The molecule has 0 N–H and O–H groups in total. The lowest BCUT2D eigenvalue weighted by Crippen LogP contribution is -2.28. The number of para-hydroxylation sites is 1. The summed E-state index contributed by atoms with van der Waals surface area (Å²) in [7, 11) is 0. The average Bonchev–Trinajstić information content (AvgIpc) is 2.20. The Morgan fingerprint density at radius 1 is 1.29 bits per heavy atom. The van der Waals surface area contributed by atoms with Crippen LogP contribution in [-0.2, 0) is 0 Å². The third-order valence-electron chi connectivity index (χ3n) is 2.43. The van der Waals surface area contributed by atoms with Crippen LogP contribution in [0.2, 0.25) is 0 Å². The number of aliphatic imine (C=N–C) groups is 1. The van der Waals surface area contributed by atoms with E-state index in [1.807, 2.05) is 12.3 Å². The molecule has 0 bridgehead atoms. The summed E-state index contributed by atoms with van der Waals surface area (Å²) in [6.07, 6.45) is 6.08. The van der Waals surface area contributed by atoms with Gasteiger partial charge in [0.05, 0.1) is 0 Å². The van der Waals surface area contributed by atoms with Crippen LogP contribution in [0, 0.1) is 6.92 Å². The quantitative estimate of drug-likeness (QED) is 0.658. The van der Waals surface area contributed by atoms with E-state index in [1.165, 1.54) is 11.3 Å². The van der Waals surface area contributed by atoms with Crippen molar-refractivity contribution in [2.24, 2.45) is 4.99 Å². The minimum atomic E-state index is 0.195. The van der Waals surface area contributed by atoms with Crippen LogP contribution < -0.4 is 4.90 Å². The Bertz CT molecular complexity index is 380. The van der Waals surface area contributed by atoms with Crippen molar-refractivity contribution < 1.29 is 0 Å². The van der Waals surface area contributed by atoms with Gasteiger partial charge in [-0.3, -0.25) is 4.99 Å². The highest BCUT2D eigenvalue weighted by atomic mass is 15.2. The fourth-order valence-electron chi connectivity index (χ4n) is 1.64. The van der Waals surface area contributed by atoms with E-state index in [4.69, 9.17) is 0 Å². The molecule has 14 heavy (non-hydrogen) atoms. The topological polar surface area (TPSA) is 15.6 Å². The van der Waals surface area contributed by atoms with Crippen molar-refractivity contribution in [3.05, 3.63) is 42.1 Å². The molecule has 0 aliphatic carbocycles. The summed E-state index contributed by atoms with van der Waals surface area (Å²) < 4.78 is 0. The van der Waals surface area contributed by atoms with E-state index in [2.05, 4.69) is 54.2 Å². The fraction of sp³-hybridized carbons (Fsp3) is 0.250. The molecule has 0 spiro atoms. The largest absolute Gasteiger partial charge is 0.325 e. The third kappa shape index (κ3) is 1.55. The van der Waals surface area contributed by atoms with E-state index in [-0.39, 0.29) is 6.17 Å². The van der Waals surface area contributed by atoms with Gasteiger partial charge in [0, 0.05) is 18.1 Å². The maximum atomic E-state index is 4.34. The zero-order chi connectivity index (χ0) is 9.97. The van der Waals surface area contributed by atoms with E-state index in [1.54, 1.807) is 0 Å². The summed E-state index contributed by atoms with van der Waals surface area (Å²) >= 11 is 0. The van der Waals surface area contributed by atoms with Crippen LogP contribution in [-0.4, -0.2) is 12.4 Å². The lowest BCUT2D eigenvalue weighted by molar-refractivity contribution is 0.743. The van der Waals surface area contributed by atoms with Crippen molar-refractivity contribution in [3.8, 4) is 0 Å². The molecule has 1 aliphatic heterocycles. The molecule has 2 heteroatoms. The number of rotatable bonds is 1. The SMILES string of the molecule is Cc1ccccc1N1C=CC=NC1C. The Balaban J connectivity index is 2.36. The van der Waals surface area contributed by atoms with Crippen LogP contribution in [0.5, 0.6) is 0 Å². The molecule has 1 aromatic carbocycles. The number of aryl methyl sites for hydroxylation is 1. The zero-order valence-electron chi connectivity index (χ0n) is 8.51. The van der Waals surface area contributed by atoms with Gasteiger partial charge in [-0.2, -0.15) is 0 Å². The van der Waals surface area contributed by atoms with Gasteiger partial charge in [0.15, 0.2) is 0 Å².